The Morgan fingerprint density at radius 1 is 1.33 bits per heavy atom. The molecule has 0 spiro atoms. The number of nitrogens with zero attached hydrogens (tertiary/aromatic N) is 2. The minimum absolute atomic E-state index is 0.127. The smallest absolute Gasteiger partial charge is 0.411 e. The van der Waals surface area contributed by atoms with E-state index in [0.29, 0.717) is 6.42 Å². The quantitative estimate of drug-likeness (QED) is 0.775. The van der Waals surface area contributed by atoms with Gasteiger partial charge in [0, 0.05) is 13.6 Å². The number of carbonyl (C=O) groups excluding carboxylic acids is 2. The summed E-state index contributed by atoms with van der Waals surface area (Å²) in [6, 6.07) is -1.76. The highest BCUT2D eigenvalue weighted by Gasteiger charge is 2.38. The average molecular weight is 340 g/mol. The molecule has 0 aromatic rings. The molecular formula is C17H28N2O5. The second kappa shape index (κ2) is 7.68. The number of hydrogen-bond donors (Lipinski definition) is 1. The number of carboxylic acids is 1. The molecule has 7 nitrogen and oxygen atoms in total. The van der Waals surface area contributed by atoms with E-state index in [-0.39, 0.29) is 12.5 Å². The third-order valence-corrected chi connectivity index (χ3v) is 3.63. The number of amides is 2. The third kappa shape index (κ3) is 5.25. The van der Waals surface area contributed by atoms with Crippen LogP contribution in [0.2, 0.25) is 0 Å². The van der Waals surface area contributed by atoms with Crippen LogP contribution in [0.5, 0.6) is 0 Å². The van der Waals surface area contributed by atoms with Crippen LogP contribution in [0.15, 0.2) is 12.2 Å². The van der Waals surface area contributed by atoms with Gasteiger partial charge in [0.1, 0.15) is 17.7 Å². The summed E-state index contributed by atoms with van der Waals surface area (Å²) in [6.45, 7) is 9.32. The molecule has 0 aliphatic carbocycles. The second-order valence-corrected chi connectivity index (χ2v) is 7.44. The fraction of sp³-hybridized carbons (Fsp3) is 0.706. The predicted octanol–water partition coefficient (Wildman–Crippen LogP) is 2.12. The first-order valence-corrected chi connectivity index (χ1v) is 8.09. The molecule has 24 heavy (non-hydrogen) atoms. The maximum absolute atomic E-state index is 12.7. The van der Waals surface area contributed by atoms with Gasteiger partial charge in [-0.05, 0) is 33.1 Å². The Kier molecular flexibility index (Phi) is 6.40. The summed E-state index contributed by atoms with van der Waals surface area (Å²) in [5.41, 5.74) is -0.666. The Morgan fingerprint density at radius 3 is 2.38 bits per heavy atom. The molecule has 0 fully saturated rings. The van der Waals surface area contributed by atoms with Crippen molar-refractivity contribution in [2.24, 2.45) is 5.92 Å². The fourth-order valence-electron chi connectivity index (χ4n) is 2.48. The van der Waals surface area contributed by atoms with Gasteiger partial charge in [0.2, 0.25) is 5.91 Å². The average Bonchev–Trinajstić information content (AvgIpc) is 2.90. The second-order valence-electron chi connectivity index (χ2n) is 7.44. The van der Waals surface area contributed by atoms with Gasteiger partial charge in [-0.3, -0.25) is 9.69 Å². The van der Waals surface area contributed by atoms with Gasteiger partial charge in [0.15, 0.2) is 0 Å². The lowest BCUT2D eigenvalue weighted by Gasteiger charge is -2.32. The highest BCUT2D eigenvalue weighted by atomic mass is 16.6. The minimum atomic E-state index is -1.05. The van der Waals surface area contributed by atoms with Crippen LogP contribution in [0, 0.1) is 5.92 Å². The summed E-state index contributed by atoms with van der Waals surface area (Å²) in [7, 11) is 1.46. The third-order valence-electron chi connectivity index (χ3n) is 3.63. The first-order chi connectivity index (χ1) is 10.9. The number of carboxylic acid groups (broad SMARTS) is 1. The molecule has 1 heterocycles. The lowest BCUT2D eigenvalue weighted by Crippen LogP contribution is -2.52. The van der Waals surface area contributed by atoms with Crippen molar-refractivity contribution in [3.05, 3.63) is 12.2 Å². The molecular weight excluding hydrogens is 312 g/mol. The van der Waals surface area contributed by atoms with Gasteiger partial charge in [0.05, 0.1) is 0 Å². The highest BCUT2D eigenvalue weighted by Crippen LogP contribution is 2.20. The summed E-state index contributed by atoms with van der Waals surface area (Å²) >= 11 is 0. The zero-order chi connectivity index (χ0) is 18.7. The van der Waals surface area contributed by atoms with E-state index in [1.54, 1.807) is 32.9 Å². The maximum Gasteiger partial charge on any atom is 0.411 e. The van der Waals surface area contributed by atoms with E-state index in [0.717, 1.165) is 0 Å². The standard InChI is InChI=1S/C17H28N2O5/c1-11(2)10-13(15(21)22)18(6)14(20)12-8-7-9-19(12)16(23)24-17(3,4)5/h7-8,11-13H,9-10H2,1-6H3,(H,21,22). The van der Waals surface area contributed by atoms with E-state index in [1.807, 2.05) is 13.8 Å². The SMILES string of the molecule is CC(C)CC(C(=O)O)N(C)C(=O)C1C=CCN1C(=O)OC(C)(C)C. The van der Waals surface area contributed by atoms with Gasteiger partial charge in [-0.2, -0.15) is 0 Å². The van der Waals surface area contributed by atoms with Gasteiger partial charge in [0.25, 0.3) is 0 Å². The maximum atomic E-state index is 12.7. The molecule has 2 unspecified atom stereocenters. The Balaban J connectivity index is 2.89. The number of hydrogen-bond acceptors (Lipinski definition) is 4. The molecule has 0 saturated carbocycles. The Bertz CT molecular complexity index is 522. The normalized spacial score (nSPS) is 18.6. The number of rotatable bonds is 5. The zero-order valence-electron chi connectivity index (χ0n) is 15.3. The monoisotopic (exact) mass is 340 g/mol. The van der Waals surface area contributed by atoms with E-state index in [2.05, 4.69) is 0 Å². The summed E-state index contributed by atoms with van der Waals surface area (Å²) in [6.07, 6.45) is 3.07. The van der Waals surface area contributed by atoms with E-state index < -0.39 is 35.7 Å². The van der Waals surface area contributed by atoms with Gasteiger partial charge >= 0.3 is 12.1 Å². The van der Waals surface area contributed by atoms with E-state index in [9.17, 15) is 19.5 Å². The Morgan fingerprint density at radius 2 is 1.92 bits per heavy atom. The van der Waals surface area contributed by atoms with Crippen LogP contribution in [0.3, 0.4) is 0 Å². The van der Waals surface area contributed by atoms with E-state index in [4.69, 9.17) is 4.74 Å². The Labute approximate surface area is 143 Å². The van der Waals surface area contributed by atoms with Crippen LogP contribution in [-0.4, -0.2) is 64.2 Å². The van der Waals surface area contributed by atoms with Crippen molar-refractivity contribution in [1.29, 1.82) is 0 Å². The van der Waals surface area contributed by atoms with Crippen molar-refractivity contribution < 1.29 is 24.2 Å². The van der Waals surface area contributed by atoms with Crippen LogP contribution in [0.4, 0.5) is 4.79 Å². The molecule has 2 atom stereocenters. The molecule has 2 amide bonds. The number of ether oxygens (including phenoxy) is 1. The van der Waals surface area contributed by atoms with Crippen molar-refractivity contribution in [3.63, 3.8) is 0 Å². The molecule has 1 aliphatic heterocycles. The van der Waals surface area contributed by atoms with Crippen molar-refractivity contribution in [2.75, 3.05) is 13.6 Å². The lowest BCUT2D eigenvalue weighted by atomic mass is 10.0. The zero-order valence-corrected chi connectivity index (χ0v) is 15.3. The topological polar surface area (TPSA) is 87.2 Å². The lowest BCUT2D eigenvalue weighted by molar-refractivity contribution is -0.150. The molecule has 1 rings (SSSR count). The molecule has 7 heteroatoms. The van der Waals surface area contributed by atoms with Crippen LogP contribution in [0.25, 0.3) is 0 Å². The predicted molar refractivity (Wildman–Crippen MR) is 89.5 cm³/mol. The molecule has 0 aromatic carbocycles. The van der Waals surface area contributed by atoms with Crippen molar-refractivity contribution in [2.45, 2.75) is 58.7 Å². The molecule has 0 saturated heterocycles. The molecule has 1 N–H and O–H groups in total. The summed E-state index contributed by atoms with van der Waals surface area (Å²) in [5.74, 6) is -1.35. The first-order valence-electron chi connectivity index (χ1n) is 8.09. The van der Waals surface area contributed by atoms with Crippen molar-refractivity contribution >= 4 is 18.0 Å². The van der Waals surface area contributed by atoms with Gasteiger partial charge in [-0.25, -0.2) is 9.59 Å². The Hall–Kier alpha value is -2.05. The van der Waals surface area contributed by atoms with Crippen LogP contribution in [0.1, 0.15) is 41.0 Å². The molecule has 136 valence electrons. The summed E-state index contributed by atoms with van der Waals surface area (Å²) < 4.78 is 5.31. The molecule has 0 bridgehead atoms. The molecule has 0 radical (unpaired) electrons. The van der Waals surface area contributed by atoms with Crippen LogP contribution >= 0.6 is 0 Å². The van der Waals surface area contributed by atoms with E-state index in [1.165, 1.54) is 16.8 Å². The van der Waals surface area contributed by atoms with Gasteiger partial charge in [-0.15, -0.1) is 0 Å². The van der Waals surface area contributed by atoms with Crippen molar-refractivity contribution in [1.82, 2.24) is 9.80 Å². The number of likely N-dealkylation sites (N-methyl/N-ethyl adjacent to an activating group) is 1. The summed E-state index contributed by atoms with van der Waals surface area (Å²) in [4.78, 5) is 39.0. The highest BCUT2D eigenvalue weighted by molar-refractivity contribution is 5.91. The van der Waals surface area contributed by atoms with Gasteiger partial charge < -0.3 is 14.7 Å². The fourth-order valence-corrected chi connectivity index (χ4v) is 2.48. The number of aliphatic carboxylic acids is 1. The van der Waals surface area contributed by atoms with Crippen LogP contribution in [-0.2, 0) is 14.3 Å². The minimum Gasteiger partial charge on any atom is -0.480 e. The van der Waals surface area contributed by atoms with E-state index >= 15 is 0 Å². The molecule has 1 aliphatic rings. The largest absolute Gasteiger partial charge is 0.480 e. The van der Waals surface area contributed by atoms with Gasteiger partial charge in [-0.1, -0.05) is 26.0 Å². The first kappa shape index (κ1) is 20.0. The van der Waals surface area contributed by atoms with Crippen molar-refractivity contribution in [3.8, 4) is 0 Å². The summed E-state index contributed by atoms with van der Waals surface area (Å²) in [5, 5.41) is 9.40. The molecule has 0 aromatic heterocycles. The number of carbonyl (C=O) groups is 3. The van der Waals surface area contributed by atoms with Crippen LogP contribution < -0.4 is 0 Å².